The summed E-state index contributed by atoms with van der Waals surface area (Å²) in [4.78, 5) is 22.8. The molecule has 8 rings (SSSR count). The SMILES string of the molecule is CC(Cc1ccc(OCc2cc(-c3ccc(Cl)cc3)cc3c2OC(C)(C)C3)cc1)C(=O)O.CCOC(=O)C(C)Cc1ccc(OCc2cc(Br)cc3c2OC(C)(C)C3)cc1.OB(O)c1ccc(Cl)cc1. The van der Waals surface area contributed by atoms with Crippen LogP contribution in [0.3, 0.4) is 0 Å². The maximum absolute atomic E-state index is 11.8. The van der Waals surface area contributed by atoms with Gasteiger partial charge in [0.1, 0.15) is 47.4 Å². The van der Waals surface area contributed by atoms with Gasteiger partial charge in [0.2, 0.25) is 0 Å². The molecule has 14 heteroatoms. The van der Waals surface area contributed by atoms with Gasteiger partial charge in [0.25, 0.3) is 0 Å². The van der Waals surface area contributed by atoms with E-state index in [0.717, 1.165) is 73.7 Å². The fourth-order valence-corrected chi connectivity index (χ4v) is 8.92. The van der Waals surface area contributed by atoms with Crippen LogP contribution in [0.1, 0.15) is 81.8 Å². The number of carbonyl (C=O) groups is 2. The molecule has 368 valence electrons. The van der Waals surface area contributed by atoms with Crippen LogP contribution in [0.15, 0.2) is 126 Å². The van der Waals surface area contributed by atoms with E-state index in [0.29, 0.717) is 48.2 Å². The normalized spacial score (nSPS) is 14.4. The molecule has 70 heavy (non-hydrogen) atoms. The van der Waals surface area contributed by atoms with Gasteiger partial charge in [-0.05, 0) is 159 Å². The Labute approximate surface area is 430 Å². The Balaban J connectivity index is 0.000000193. The minimum Gasteiger partial charge on any atom is -0.489 e. The molecular weight excluding hydrogens is 994 g/mol. The van der Waals surface area contributed by atoms with Crippen LogP contribution >= 0.6 is 39.1 Å². The third-order valence-electron chi connectivity index (χ3n) is 11.6. The summed E-state index contributed by atoms with van der Waals surface area (Å²) in [5.41, 5.74) is 8.71. The van der Waals surface area contributed by atoms with Gasteiger partial charge in [-0.3, -0.25) is 9.59 Å². The van der Waals surface area contributed by atoms with Crippen molar-refractivity contribution in [2.75, 3.05) is 6.61 Å². The number of carbonyl (C=O) groups excluding carboxylic acids is 1. The highest BCUT2D eigenvalue weighted by atomic mass is 79.9. The molecule has 0 bridgehead atoms. The molecule has 2 heterocycles. The summed E-state index contributed by atoms with van der Waals surface area (Å²) < 4.78 is 30.6. The topological polar surface area (TPSA) is 141 Å². The number of carboxylic acids is 1. The molecule has 0 aromatic heterocycles. The number of ether oxygens (including phenoxy) is 5. The smallest absolute Gasteiger partial charge is 0.488 e. The van der Waals surface area contributed by atoms with Gasteiger partial charge >= 0.3 is 19.1 Å². The molecule has 10 nitrogen and oxygen atoms in total. The Morgan fingerprint density at radius 2 is 1.11 bits per heavy atom. The van der Waals surface area contributed by atoms with E-state index in [1.165, 1.54) is 11.1 Å². The van der Waals surface area contributed by atoms with Crippen LogP contribution in [0.4, 0.5) is 0 Å². The number of esters is 1. The number of hydrogen-bond acceptors (Lipinski definition) is 9. The van der Waals surface area contributed by atoms with E-state index >= 15 is 0 Å². The van der Waals surface area contributed by atoms with Crippen molar-refractivity contribution in [2.45, 2.75) is 98.6 Å². The van der Waals surface area contributed by atoms with E-state index in [9.17, 15) is 9.59 Å². The number of benzene rings is 6. The van der Waals surface area contributed by atoms with E-state index in [2.05, 4.69) is 67.9 Å². The number of carboxylic acid groups (broad SMARTS) is 1. The molecule has 2 unspecified atom stereocenters. The van der Waals surface area contributed by atoms with Gasteiger partial charge in [-0.25, -0.2) is 0 Å². The maximum atomic E-state index is 11.8. The van der Waals surface area contributed by atoms with Crippen LogP contribution in [-0.2, 0) is 53.2 Å². The van der Waals surface area contributed by atoms with Gasteiger partial charge in [0, 0.05) is 38.5 Å². The highest BCUT2D eigenvalue weighted by Gasteiger charge is 2.34. The van der Waals surface area contributed by atoms with Gasteiger partial charge in [-0.1, -0.05) is 102 Å². The number of rotatable bonds is 15. The lowest BCUT2D eigenvalue weighted by Gasteiger charge is -2.18. The monoisotopic (exact) mass is 1050 g/mol. The van der Waals surface area contributed by atoms with Crippen LogP contribution in [0, 0.1) is 11.8 Å². The molecule has 0 saturated heterocycles. The fraction of sp³-hybridized carbons (Fsp3) is 0.321. The summed E-state index contributed by atoms with van der Waals surface area (Å²) >= 11 is 15.2. The van der Waals surface area contributed by atoms with Crippen molar-refractivity contribution >= 4 is 63.7 Å². The number of fused-ring (bicyclic) bond motifs is 2. The van der Waals surface area contributed by atoms with Crippen LogP contribution in [-0.4, -0.2) is 52.0 Å². The largest absolute Gasteiger partial charge is 0.489 e. The first-order valence-corrected chi connectivity index (χ1v) is 24.8. The van der Waals surface area contributed by atoms with Crippen molar-refractivity contribution in [3.05, 3.63) is 169 Å². The van der Waals surface area contributed by atoms with Crippen LogP contribution < -0.4 is 24.4 Å². The highest BCUT2D eigenvalue weighted by molar-refractivity contribution is 9.10. The second-order valence-electron chi connectivity index (χ2n) is 18.9. The summed E-state index contributed by atoms with van der Waals surface area (Å²) in [6, 6.07) is 38.1. The minimum absolute atomic E-state index is 0.156. The molecule has 0 aliphatic carbocycles. The molecule has 0 spiro atoms. The van der Waals surface area contributed by atoms with E-state index in [1.807, 2.05) is 86.6 Å². The lowest BCUT2D eigenvalue weighted by atomic mass is 9.81. The number of halogens is 3. The predicted octanol–water partition coefficient (Wildman–Crippen LogP) is 12.1. The number of hydrogen-bond donors (Lipinski definition) is 3. The van der Waals surface area contributed by atoms with Crippen molar-refractivity contribution in [2.24, 2.45) is 11.8 Å². The van der Waals surface area contributed by atoms with Gasteiger partial charge in [0.05, 0.1) is 18.4 Å². The van der Waals surface area contributed by atoms with Gasteiger partial charge in [-0.2, -0.15) is 0 Å². The van der Waals surface area contributed by atoms with Crippen LogP contribution in [0.2, 0.25) is 10.0 Å². The summed E-state index contributed by atoms with van der Waals surface area (Å²) in [7, 11) is -1.41. The molecule has 0 fully saturated rings. The fourth-order valence-electron chi connectivity index (χ4n) is 8.12. The zero-order chi connectivity index (χ0) is 50.8. The zero-order valence-electron chi connectivity index (χ0n) is 40.6. The van der Waals surface area contributed by atoms with Crippen molar-refractivity contribution in [1.82, 2.24) is 0 Å². The first kappa shape index (κ1) is 53.8. The molecular formula is C56H60BBrCl2O10. The highest BCUT2D eigenvalue weighted by Crippen LogP contribution is 2.42. The molecule has 3 N–H and O–H groups in total. The third kappa shape index (κ3) is 15.5. The van der Waals surface area contributed by atoms with Crippen molar-refractivity contribution in [3.63, 3.8) is 0 Å². The van der Waals surface area contributed by atoms with Gasteiger partial charge < -0.3 is 38.8 Å². The second kappa shape index (κ2) is 24.1. The van der Waals surface area contributed by atoms with Crippen molar-refractivity contribution in [1.29, 1.82) is 0 Å². The first-order valence-electron chi connectivity index (χ1n) is 23.2. The molecule has 0 amide bonds. The average Bonchev–Trinajstić information content (AvgIpc) is 3.81. The Hall–Kier alpha value is -5.50. The Morgan fingerprint density at radius 3 is 1.59 bits per heavy atom. The standard InChI is InChI=1S/C27H27ClO4.C23H27BrO4.C6H6BClO2/c1-17(26(29)30)12-18-4-10-24(11-5-18)31-16-22-14-20(19-6-8-23(28)9-7-19)13-21-15-27(2,3)32-25(21)22;1-5-26-22(25)15(2)10-16-6-8-20(9-7-16)27-14-18-12-19(24)11-17-13-23(3,4)28-21(17)18;8-6-3-1-5(2-4-6)7(9)10/h4-11,13-14,17H,12,15-16H2,1-3H3,(H,29,30);6-9,11-12,15H,5,10,13-14H2,1-4H3;1-4,9-10H. The third-order valence-corrected chi connectivity index (χ3v) is 12.6. The van der Waals surface area contributed by atoms with E-state index < -0.39 is 19.0 Å². The maximum Gasteiger partial charge on any atom is 0.488 e. The van der Waals surface area contributed by atoms with E-state index in [-0.39, 0.29) is 23.1 Å². The van der Waals surface area contributed by atoms with Crippen LogP contribution in [0.25, 0.3) is 11.1 Å². The lowest BCUT2D eigenvalue weighted by Crippen LogP contribution is -2.29. The molecule has 0 saturated carbocycles. The molecule has 6 aromatic carbocycles. The average molecular weight is 1050 g/mol. The summed E-state index contributed by atoms with van der Waals surface area (Å²) in [5.74, 6) is 1.85. The molecule has 2 aliphatic rings. The van der Waals surface area contributed by atoms with Crippen molar-refractivity contribution < 1.29 is 48.4 Å². The molecule has 6 aromatic rings. The van der Waals surface area contributed by atoms with E-state index in [1.54, 1.807) is 31.2 Å². The van der Waals surface area contributed by atoms with Gasteiger partial charge in [0.15, 0.2) is 0 Å². The Morgan fingerprint density at radius 1 is 0.657 bits per heavy atom. The quantitative estimate of drug-likeness (QED) is 0.0672. The Bertz CT molecular complexity index is 2710. The molecule has 2 atom stereocenters. The van der Waals surface area contributed by atoms with E-state index in [4.69, 9.17) is 62.0 Å². The lowest BCUT2D eigenvalue weighted by molar-refractivity contribution is -0.147. The summed E-state index contributed by atoms with van der Waals surface area (Å²) in [5, 5.41) is 27.7. The number of aliphatic carboxylic acids is 1. The second-order valence-corrected chi connectivity index (χ2v) is 20.6. The first-order chi connectivity index (χ1) is 33.2. The van der Waals surface area contributed by atoms with Gasteiger partial charge in [-0.15, -0.1) is 0 Å². The summed E-state index contributed by atoms with van der Waals surface area (Å²) in [6.45, 7) is 15.0. The minimum atomic E-state index is -1.41. The molecule has 2 aliphatic heterocycles. The molecule has 0 radical (unpaired) electrons. The Kier molecular flexibility index (Phi) is 18.5. The predicted molar refractivity (Wildman–Crippen MR) is 281 cm³/mol. The summed E-state index contributed by atoms with van der Waals surface area (Å²) in [6.07, 6.45) is 2.88. The van der Waals surface area contributed by atoms with Crippen molar-refractivity contribution in [3.8, 4) is 34.1 Å². The van der Waals surface area contributed by atoms with Crippen LogP contribution in [0.5, 0.6) is 23.0 Å². The zero-order valence-corrected chi connectivity index (χ0v) is 43.7.